The molecule has 0 saturated carbocycles. The average molecular weight is 344 g/mol. The van der Waals surface area contributed by atoms with E-state index in [0.29, 0.717) is 18.3 Å². The van der Waals surface area contributed by atoms with Crippen molar-refractivity contribution in [3.63, 3.8) is 0 Å². The smallest absolute Gasteiger partial charge is 0.244 e. The summed E-state index contributed by atoms with van der Waals surface area (Å²) in [7, 11) is 0. The lowest BCUT2D eigenvalue weighted by Crippen LogP contribution is -2.09. The predicted molar refractivity (Wildman–Crippen MR) is 93.2 cm³/mol. The van der Waals surface area contributed by atoms with Crippen molar-refractivity contribution in [2.75, 3.05) is 17.2 Å². The molecule has 0 saturated heterocycles. The molecule has 0 aliphatic rings. The largest absolute Gasteiger partial charge is 0.353 e. The molecule has 5 nitrogen and oxygen atoms in total. The highest BCUT2D eigenvalue weighted by atomic mass is 35.5. The maximum Gasteiger partial charge on any atom is 0.244 e. The lowest BCUT2D eigenvalue weighted by atomic mass is 10.1. The Morgan fingerprint density at radius 1 is 1.00 bits per heavy atom. The molecule has 0 aliphatic heterocycles. The molecule has 3 rings (SSSR count). The number of halogens is 2. The minimum absolute atomic E-state index is 0.286. The van der Waals surface area contributed by atoms with Crippen LogP contribution in [-0.4, -0.2) is 21.7 Å². The lowest BCUT2D eigenvalue weighted by Gasteiger charge is -2.08. The Balaban J connectivity index is 1.56. The molecule has 1 heterocycles. The fraction of sp³-hybridized carbons (Fsp3) is 0.118. The molecule has 1 aromatic heterocycles. The summed E-state index contributed by atoms with van der Waals surface area (Å²) in [6, 6.07) is 13.7. The van der Waals surface area contributed by atoms with Crippen molar-refractivity contribution in [2.45, 2.75) is 6.42 Å². The molecule has 0 spiro atoms. The van der Waals surface area contributed by atoms with Crippen LogP contribution in [0.25, 0.3) is 0 Å². The third kappa shape index (κ3) is 4.63. The number of nitrogens with one attached hydrogen (secondary N) is 2. The minimum atomic E-state index is -0.286. The molecule has 0 atom stereocenters. The van der Waals surface area contributed by atoms with Crippen molar-refractivity contribution in [1.29, 1.82) is 0 Å². The molecule has 2 N–H and O–H groups in total. The summed E-state index contributed by atoms with van der Waals surface area (Å²) >= 11 is 5.86. The van der Waals surface area contributed by atoms with Gasteiger partial charge in [-0.05, 0) is 48.4 Å². The lowest BCUT2D eigenvalue weighted by molar-refractivity contribution is 0.628. The highest BCUT2D eigenvalue weighted by Crippen LogP contribution is 2.15. The molecule has 0 unspecified atom stereocenters. The van der Waals surface area contributed by atoms with Gasteiger partial charge in [0.25, 0.3) is 0 Å². The van der Waals surface area contributed by atoms with Crippen LogP contribution in [0.3, 0.4) is 0 Å². The summed E-state index contributed by atoms with van der Waals surface area (Å²) in [5.41, 5.74) is 1.89. The van der Waals surface area contributed by atoms with E-state index in [-0.39, 0.29) is 5.82 Å². The Morgan fingerprint density at radius 2 is 1.75 bits per heavy atom. The third-order valence-corrected chi connectivity index (χ3v) is 3.54. The highest BCUT2D eigenvalue weighted by Gasteiger charge is 2.02. The molecule has 3 aromatic rings. The first kappa shape index (κ1) is 16.1. The van der Waals surface area contributed by atoms with E-state index in [2.05, 4.69) is 25.8 Å². The normalized spacial score (nSPS) is 10.4. The van der Waals surface area contributed by atoms with E-state index >= 15 is 0 Å². The number of anilines is 3. The first-order valence-corrected chi connectivity index (χ1v) is 7.77. The number of hydrogen-bond acceptors (Lipinski definition) is 5. The van der Waals surface area contributed by atoms with Gasteiger partial charge in [-0.3, -0.25) is 0 Å². The van der Waals surface area contributed by atoms with Crippen LogP contribution in [0, 0.1) is 5.82 Å². The standard InChI is InChI=1S/C17H15ClFN5/c18-13-3-1-12(2-4-13)9-10-20-17-23-16(11-21-24-17)22-15-7-5-14(19)6-8-15/h1-8,11H,9-10H2,(H2,20,22,23,24). The number of hydrogen-bond donors (Lipinski definition) is 2. The van der Waals surface area contributed by atoms with Gasteiger partial charge in [-0.2, -0.15) is 10.1 Å². The quantitative estimate of drug-likeness (QED) is 0.706. The average Bonchev–Trinajstić information content (AvgIpc) is 2.59. The Labute approximate surface area is 143 Å². The van der Waals surface area contributed by atoms with Gasteiger partial charge in [-0.25, -0.2) is 4.39 Å². The van der Waals surface area contributed by atoms with E-state index < -0.39 is 0 Å². The van der Waals surface area contributed by atoms with Gasteiger partial charge in [0.1, 0.15) is 5.82 Å². The maximum absolute atomic E-state index is 12.9. The molecule has 0 bridgehead atoms. The van der Waals surface area contributed by atoms with Crippen LogP contribution < -0.4 is 10.6 Å². The zero-order valence-corrected chi connectivity index (χ0v) is 13.5. The van der Waals surface area contributed by atoms with Crippen LogP contribution in [0.15, 0.2) is 54.7 Å². The number of benzene rings is 2. The Hall–Kier alpha value is -2.73. The van der Waals surface area contributed by atoms with Crippen LogP contribution in [0.4, 0.5) is 21.8 Å². The number of rotatable bonds is 6. The van der Waals surface area contributed by atoms with Gasteiger partial charge >= 0.3 is 0 Å². The third-order valence-electron chi connectivity index (χ3n) is 3.29. The van der Waals surface area contributed by atoms with E-state index in [1.807, 2.05) is 24.3 Å². The van der Waals surface area contributed by atoms with Gasteiger partial charge in [0, 0.05) is 17.3 Å². The van der Waals surface area contributed by atoms with E-state index in [1.54, 1.807) is 12.1 Å². The molecule has 7 heteroatoms. The minimum Gasteiger partial charge on any atom is -0.353 e. The summed E-state index contributed by atoms with van der Waals surface area (Å²) in [6.07, 6.45) is 2.32. The van der Waals surface area contributed by atoms with Crippen molar-refractivity contribution in [3.05, 3.63) is 71.1 Å². The van der Waals surface area contributed by atoms with Crippen LogP contribution in [0.2, 0.25) is 5.02 Å². The van der Waals surface area contributed by atoms with Crippen molar-refractivity contribution in [1.82, 2.24) is 15.2 Å². The first-order valence-electron chi connectivity index (χ1n) is 7.40. The molecule has 0 radical (unpaired) electrons. The monoisotopic (exact) mass is 343 g/mol. The van der Waals surface area contributed by atoms with Gasteiger partial charge in [-0.15, -0.1) is 5.10 Å². The van der Waals surface area contributed by atoms with Gasteiger partial charge in [0.15, 0.2) is 5.82 Å². The van der Waals surface area contributed by atoms with Crippen molar-refractivity contribution in [3.8, 4) is 0 Å². The van der Waals surface area contributed by atoms with Crippen molar-refractivity contribution < 1.29 is 4.39 Å². The van der Waals surface area contributed by atoms with Crippen LogP contribution in [0.1, 0.15) is 5.56 Å². The molecule has 0 amide bonds. The van der Waals surface area contributed by atoms with Gasteiger partial charge in [-0.1, -0.05) is 23.7 Å². The fourth-order valence-electron chi connectivity index (χ4n) is 2.09. The Morgan fingerprint density at radius 3 is 2.50 bits per heavy atom. The molecule has 122 valence electrons. The molecule has 0 aliphatic carbocycles. The summed E-state index contributed by atoms with van der Waals surface area (Å²) in [5, 5.41) is 14.8. The summed E-state index contributed by atoms with van der Waals surface area (Å²) in [6.45, 7) is 0.670. The van der Waals surface area contributed by atoms with Crippen LogP contribution >= 0.6 is 11.6 Å². The SMILES string of the molecule is Fc1ccc(Nc2cnnc(NCCc3ccc(Cl)cc3)n2)cc1. The summed E-state index contributed by atoms with van der Waals surface area (Å²) in [4.78, 5) is 4.33. The van der Waals surface area contributed by atoms with Crippen LogP contribution in [-0.2, 0) is 6.42 Å². The first-order chi connectivity index (χ1) is 11.7. The maximum atomic E-state index is 12.9. The molecule has 24 heavy (non-hydrogen) atoms. The predicted octanol–water partition coefficient (Wildman–Crippen LogP) is 4.06. The zero-order chi connectivity index (χ0) is 16.8. The van der Waals surface area contributed by atoms with E-state index in [9.17, 15) is 4.39 Å². The van der Waals surface area contributed by atoms with Crippen LogP contribution in [0.5, 0.6) is 0 Å². The van der Waals surface area contributed by atoms with Crippen molar-refractivity contribution >= 4 is 29.1 Å². The Kier molecular flexibility index (Phi) is 5.18. The van der Waals surface area contributed by atoms with Gasteiger partial charge in [0.05, 0.1) is 6.20 Å². The molecule has 2 aromatic carbocycles. The number of nitrogens with zero attached hydrogens (tertiary/aromatic N) is 3. The van der Waals surface area contributed by atoms with Gasteiger partial charge < -0.3 is 10.6 Å². The second kappa shape index (κ2) is 7.70. The topological polar surface area (TPSA) is 62.7 Å². The fourth-order valence-corrected chi connectivity index (χ4v) is 2.22. The zero-order valence-electron chi connectivity index (χ0n) is 12.7. The number of aromatic nitrogens is 3. The van der Waals surface area contributed by atoms with E-state index in [4.69, 9.17) is 11.6 Å². The van der Waals surface area contributed by atoms with E-state index in [0.717, 1.165) is 17.1 Å². The summed E-state index contributed by atoms with van der Waals surface area (Å²) < 4.78 is 12.9. The summed E-state index contributed by atoms with van der Waals surface area (Å²) in [5.74, 6) is 0.674. The van der Waals surface area contributed by atoms with E-state index in [1.165, 1.54) is 23.9 Å². The second-order valence-corrected chi connectivity index (χ2v) is 5.54. The molecular weight excluding hydrogens is 329 g/mol. The highest BCUT2D eigenvalue weighted by molar-refractivity contribution is 6.30. The second-order valence-electron chi connectivity index (χ2n) is 5.10. The Bertz CT molecular complexity index is 793. The van der Waals surface area contributed by atoms with Gasteiger partial charge in [0.2, 0.25) is 5.95 Å². The molecule has 0 fully saturated rings. The van der Waals surface area contributed by atoms with Crippen molar-refractivity contribution in [2.24, 2.45) is 0 Å². The molecular formula is C17H15ClFN5.